The fourth-order valence-electron chi connectivity index (χ4n) is 5.11. The van der Waals surface area contributed by atoms with Crippen molar-refractivity contribution in [3.63, 3.8) is 0 Å². The molecular weight excluding hydrogens is 478 g/mol. The Morgan fingerprint density at radius 3 is 2.33 bits per heavy atom. The van der Waals surface area contributed by atoms with Gasteiger partial charge in [-0.3, -0.25) is 9.36 Å². The van der Waals surface area contributed by atoms with Crippen LogP contribution in [-0.2, 0) is 4.79 Å². The van der Waals surface area contributed by atoms with Gasteiger partial charge in [0.1, 0.15) is 22.8 Å². The second-order valence-electron chi connectivity index (χ2n) is 9.61. The lowest BCUT2D eigenvalue weighted by Crippen LogP contribution is -2.32. The van der Waals surface area contributed by atoms with Gasteiger partial charge in [-0.2, -0.15) is 4.98 Å². The van der Waals surface area contributed by atoms with Crippen LogP contribution in [0.5, 0.6) is 0 Å². The van der Waals surface area contributed by atoms with E-state index >= 15 is 0 Å². The molecular formula is C24H27F4N7O. The number of carbonyl (C=O) groups is 1. The number of aromatic nitrogens is 4. The van der Waals surface area contributed by atoms with Crippen LogP contribution in [0, 0.1) is 17.6 Å². The SMILES string of the molecule is NC(=O)[C@H]1CC[C@@H](n2c(Nc3c(F)cccc3F)nc3cnc(NC4CCC(F)(F)CC4)nc32)CC1. The Morgan fingerprint density at radius 2 is 1.69 bits per heavy atom. The molecule has 2 aliphatic carbocycles. The molecule has 0 aliphatic heterocycles. The Hall–Kier alpha value is -3.44. The summed E-state index contributed by atoms with van der Waals surface area (Å²) < 4.78 is 57.7. The highest BCUT2D eigenvalue weighted by atomic mass is 19.3. The minimum atomic E-state index is -2.64. The van der Waals surface area contributed by atoms with E-state index in [0.29, 0.717) is 49.7 Å². The van der Waals surface area contributed by atoms with Crippen LogP contribution in [0.3, 0.4) is 0 Å². The first kappa shape index (κ1) is 24.3. The molecule has 2 heterocycles. The third-order valence-electron chi connectivity index (χ3n) is 7.15. The molecule has 0 unspecified atom stereocenters. The zero-order chi connectivity index (χ0) is 25.4. The van der Waals surface area contributed by atoms with E-state index in [0.717, 1.165) is 12.1 Å². The number of nitrogens with one attached hydrogen (secondary N) is 2. The van der Waals surface area contributed by atoms with Gasteiger partial charge in [-0.25, -0.2) is 27.5 Å². The number of nitrogens with zero attached hydrogens (tertiary/aromatic N) is 4. The molecule has 5 rings (SSSR count). The number of rotatable bonds is 6. The molecule has 4 N–H and O–H groups in total. The van der Waals surface area contributed by atoms with Crippen molar-refractivity contribution in [2.45, 2.75) is 69.4 Å². The van der Waals surface area contributed by atoms with Crippen molar-refractivity contribution in [2.75, 3.05) is 10.6 Å². The first-order valence-electron chi connectivity index (χ1n) is 12.1. The topological polar surface area (TPSA) is 111 Å². The zero-order valence-corrected chi connectivity index (χ0v) is 19.5. The highest BCUT2D eigenvalue weighted by molar-refractivity contribution is 5.78. The number of imidazole rings is 1. The van der Waals surface area contributed by atoms with Crippen molar-refractivity contribution in [3.05, 3.63) is 36.0 Å². The maximum atomic E-state index is 14.4. The molecule has 0 saturated heterocycles. The van der Waals surface area contributed by atoms with E-state index in [-0.39, 0.29) is 54.3 Å². The molecule has 1 amide bonds. The van der Waals surface area contributed by atoms with Gasteiger partial charge in [0, 0.05) is 30.8 Å². The summed E-state index contributed by atoms with van der Waals surface area (Å²) in [5, 5.41) is 5.92. The predicted octanol–water partition coefficient (Wildman–Crippen LogP) is 5.05. The average Bonchev–Trinajstić information content (AvgIpc) is 3.20. The van der Waals surface area contributed by atoms with E-state index < -0.39 is 17.6 Å². The molecule has 2 aromatic heterocycles. The monoisotopic (exact) mass is 505 g/mol. The largest absolute Gasteiger partial charge is 0.369 e. The van der Waals surface area contributed by atoms with E-state index in [9.17, 15) is 22.4 Å². The van der Waals surface area contributed by atoms with Crippen molar-refractivity contribution in [2.24, 2.45) is 11.7 Å². The van der Waals surface area contributed by atoms with Crippen LogP contribution in [0.15, 0.2) is 24.4 Å². The highest BCUT2D eigenvalue weighted by Gasteiger charge is 2.35. The molecule has 3 aromatic rings. The maximum Gasteiger partial charge on any atom is 0.248 e. The Labute approximate surface area is 204 Å². The number of fused-ring (bicyclic) bond motifs is 1. The second-order valence-corrected chi connectivity index (χ2v) is 9.61. The highest BCUT2D eigenvalue weighted by Crippen LogP contribution is 2.38. The average molecular weight is 506 g/mol. The van der Waals surface area contributed by atoms with Gasteiger partial charge in [-0.05, 0) is 50.7 Å². The van der Waals surface area contributed by atoms with Gasteiger partial charge < -0.3 is 16.4 Å². The standard InChI is InChI=1S/C24H27F4N7O/c25-16-2-1-3-17(26)19(16)33-23-32-18-12-30-22(31-14-8-10-24(27,28)11-9-14)34-21(18)35(23)15-6-4-13(5-7-15)20(29)36/h1-3,12-15H,4-11H2,(H2,29,36)(H,32,33)(H,30,31,34)/t13-,15+. The van der Waals surface area contributed by atoms with Gasteiger partial charge in [-0.15, -0.1) is 0 Å². The summed E-state index contributed by atoms with van der Waals surface area (Å²) in [6.07, 6.45) is 4.02. The Morgan fingerprint density at radius 1 is 1.03 bits per heavy atom. The Bertz CT molecular complexity index is 1240. The second kappa shape index (κ2) is 9.55. The molecule has 36 heavy (non-hydrogen) atoms. The van der Waals surface area contributed by atoms with Gasteiger partial charge in [0.15, 0.2) is 5.65 Å². The third-order valence-corrected chi connectivity index (χ3v) is 7.15. The van der Waals surface area contributed by atoms with Crippen molar-refractivity contribution in [1.82, 2.24) is 19.5 Å². The molecule has 2 saturated carbocycles. The molecule has 0 atom stereocenters. The molecule has 192 valence electrons. The van der Waals surface area contributed by atoms with Gasteiger partial charge >= 0.3 is 0 Å². The van der Waals surface area contributed by atoms with Gasteiger partial charge in [0.05, 0.1) is 6.20 Å². The van der Waals surface area contributed by atoms with E-state index in [1.54, 1.807) is 4.57 Å². The summed E-state index contributed by atoms with van der Waals surface area (Å²) >= 11 is 0. The number of para-hydroxylation sites is 1. The van der Waals surface area contributed by atoms with E-state index in [4.69, 9.17) is 5.73 Å². The van der Waals surface area contributed by atoms with E-state index in [1.807, 2.05) is 0 Å². The molecule has 8 nitrogen and oxygen atoms in total. The third kappa shape index (κ3) is 4.93. The summed E-state index contributed by atoms with van der Waals surface area (Å²) in [6, 6.07) is 3.22. The fourth-order valence-corrected chi connectivity index (χ4v) is 5.11. The molecule has 2 aliphatic rings. The van der Waals surface area contributed by atoms with Gasteiger partial charge in [0.2, 0.25) is 23.7 Å². The first-order chi connectivity index (χ1) is 17.2. The molecule has 1 aromatic carbocycles. The zero-order valence-electron chi connectivity index (χ0n) is 19.5. The summed E-state index contributed by atoms with van der Waals surface area (Å²) in [4.78, 5) is 25.1. The summed E-state index contributed by atoms with van der Waals surface area (Å²) in [5.74, 6) is -4.29. The van der Waals surface area contributed by atoms with Crippen LogP contribution in [0.1, 0.15) is 57.4 Å². The smallest absolute Gasteiger partial charge is 0.248 e. The number of primary amides is 1. The Balaban J connectivity index is 1.48. The minimum absolute atomic E-state index is 0.154. The van der Waals surface area contributed by atoms with Crippen LogP contribution < -0.4 is 16.4 Å². The van der Waals surface area contributed by atoms with Crippen molar-refractivity contribution >= 4 is 34.7 Å². The van der Waals surface area contributed by atoms with Crippen molar-refractivity contribution < 1.29 is 22.4 Å². The molecule has 12 heteroatoms. The minimum Gasteiger partial charge on any atom is -0.369 e. The van der Waals surface area contributed by atoms with Gasteiger partial charge in [0.25, 0.3) is 0 Å². The van der Waals surface area contributed by atoms with E-state index in [2.05, 4.69) is 25.6 Å². The number of hydrogen-bond donors (Lipinski definition) is 3. The first-order valence-corrected chi connectivity index (χ1v) is 12.1. The summed E-state index contributed by atoms with van der Waals surface area (Å²) in [6.45, 7) is 0. The van der Waals surface area contributed by atoms with Crippen LogP contribution in [-0.4, -0.2) is 37.4 Å². The quantitative estimate of drug-likeness (QED) is 0.404. The molecule has 0 spiro atoms. The predicted molar refractivity (Wildman–Crippen MR) is 126 cm³/mol. The summed E-state index contributed by atoms with van der Waals surface area (Å²) in [5.41, 5.74) is 5.99. The molecule has 0 bridgehead atoms. The normalized spacial score (nSPS) is 22.4. The molecule has 2 fully saturated rings. The van der Waals surface area contributed by atoms with E-state index in [1.165, 1.54) is 12.3 Å². The van der Waals surface area contributed by atoms with Crippen molar-refractivity contribution in [3.8, 4) is 0 Å². The van der Waals surface area contributed by atoms with Crippen LogP contribution >= 0.6 is 0 Å². The lowest BCUT2D eigenvalue weighted by molar-refractivity contribution is -0.122. The lowest BCUT2D eigenvalue weighted by atomic mass is 9.85. The number of hydrogen-bond acceptors (Lipinski definition) is 6. The Kier molecular flexibility index (Phi) is 6.44. The number of alkyl halides is 2. The number of amides is 1. The van der Waals surface area contributed by atoms with Gasteiger partial charge in [-0.1, -0.05) is 6.07 Å². The maximum absolute atomic E-state index is 14.4. The fraction of sp³-hybridized carbons (Fsp3) is 0.500. The molecule has 0 radical (unpaired) electrons. The van der Waals surface area contributed by atoms with Crippen LogP contribution in [0.4, 0.5) is 35.1 Å². The van der Waals surface area contributed by atoms with Crippen LogP contribution in [0.25, 0.3) is 11.2 Å². The lowest BCUT2D eigenvalue weighted by Gasteiger charge is -2.29. The number of anilines is 3. The number of nitrogens with two attached hydrogens (primary N) is 1. The summed E-state index contributed by atoms with van der Waals surface area (Å²) in [7, 11) is 0. The van der Waals surface area contributed by atoms with Crippen molar-refractivity contribution in [1.29, 1.82) is 0 Å². The number of carbonyl (C=O) groups excluding carboxylic acids is 1. The van der Waals surface area contributed by atoms with Crippen LogP contribution in [0.2, 0.25) is 0 Å². The number of halogens is 4. The number of benzene rings is 1.